The number of thiazole rings is 1. The molecule has 1 N–H and O–H groups in total. The number of benzene rings is 2. The molecule has 5 nitrogen and oxygen atoms in total. The van der Waals surface area contributed by atoms with Crippen molar-refractivity contribution in [3.8, 4) is 5.69 Å². The highest BCUT2D eigenvalue weighted by atomic mass is 32.1. The Morgan fingerprint density at radius 1 is 1.14 bits per heavy atom. The van der Waals surface area contributed by atoms with Crippen LogP contribution in [0.15, 0.2) is 48.7 Å². The van der Waals surface area contributed by atoms with E-state index in [0.29, 0.717) is 11.3 Å². The predicted molar refractivity (Wildman–Crippen MR) is 106 cm³/mol. The van der Waals surface area contributed by atoms with E-state index in [4.69, 9.17) is 0 Å². The van der Waals surface area contributed by atoms with E-state index in [0.717, 1.165) is 26.1 Å². The smallest absolute Gasteiger partial charge is 0.322 e. The van der Waals surface area contributed by atoms with Gasteiger partial charge >= 0.3 is 6.18 Å². The number of carbonyl (C=O) groups excluding carboxylic acids is 1. The largest absolute Gasteiger partial charge is 0.434 e. The van der Waals surface area contributed by atoms with E-state index >= 15 is 0 Å². The highest BCUT2D eigenvalue weighted by Gasteiger charge is 2.40. The van der Waals surface area contributed by atoms with Crippen molar-refractivity contribution in [2.75, 3.05) is 5.32 Å². The molecular formula is C20H15F3N4OS. The molecule has 2 aromatic carbocycles. The number of hydrogen-bond acceptors (Lipinski definition) is 4. The molecule has 0 aliphatic carbocycles. The first-order chi connectivity index (χ1) is 13.7. The summed E-state index contributed by atoms with van der Waals surface area (Å²) in [6.45, 7) is 3.54. The van der Waals surface area contributed by atoms with E-state index in [1.54, 1.807) is 43.3 Å². The Morgan fingerprint density at radius 2 is 1.90 bits per heavy atom. The summed E-state index contributed by atoms with van der Waals surface area (Å²) >= 11 is 1.44. The molecule has 0 fully saturated rings. The summed E-state index contributed by atoms with van der Waals surface area (Å²) in [6.07, 6.45) is -3.82. The number of aryl methyl sites for hydroxylation is 2. The van der Waals surface area contributed by atoms with Crippen LogP contribution in [0.5, 0.6) is 0 Å². The minimum Gasteiger partial charge on any atom is -0.322 e. The number of carbonyl (C=O) groups is 1. The van der Waals surface area contributed by atoms with Crippen LogP contribution in [-0.2, 0) is 6.18 Å². The Morgan fingerprint density at radius 3 is 2.62 bits per heavy atom. The van der Waals surface area contributed by atoms with Gasteiger partial charge in [0.2, 0.25) is 0 Å². The summed E-state index contributed by atoms with van der Waals surface area (Å²) in [5.74, 6) is -0.877. The Bertz CT molecular complexity index is 1230. The maximum Gasteiger partial charge on any atom is 0.434 e. The zero-order chi connectivity index (χ0) is 20.8. The molecule has 2 heterocycles. The molecule has 1 amide bonds. The lowest BCUT2D eigenvalue weighted by atomic mass is 10.1. The number of hydrogen-bond donors (Lipinski definition) is 1. The molecule has 4 aromatic rings. The first-order valence-electron chi connectivity index (χ1n) is 8.64. The standard InChI is InChI=1S/C20H15F3N4OS/c1-11-5-3-4-6-16(11)27-18(20(21,22)23)14(10-24-27)19(28)26-13-7-8-15-17(9-13)29-12(2)25-15/h3-10H,1-2H3,(H,26,28). The van der Waals surface area contributed by atoms with E-state index in [9.17, 15) is 18.0 Å². The molecule has 0 aliphatic heterocycles. The minimum absolute atomic E-state index is 0.264. The van der Waals surface area contributed by atoms with Gasteiger partial charge in [0.25, 0.3) is 5.91 Å². The summed E-state index contributed by atoms with van der Waals surface area (Å²) in [5, 5.41) is 7.26. The number of rotatable bonds is 3. The number of halogens is 3. The van der Waals surface area contributed by atoms with Crippen molar-refractivity contribution < 1.29 is 18.0 Å². The van der Waals surface area contributed by atoms with Gasteiger partial charge in [-0.1, -0.05) is 18.2 Å². The fourth-order valence-corrected chi connectivity index (χ4v) is 3.95. The van der Waals surface area contributed by atoms with Gasteiger partial charge in [0, 0.05) is 5.69 Å². The van der Waals surface area contributed by atoms with Crippen molar-refractivity contribution >= 4 is 33.1 Å². The van der Waals surface area contributed by atoms with Crippen molar-refractivity contribution in [2.45, 2.75) is 20.0 Å². The van der Waals surface area contributed by atoms with Gasteiger partial charge in [-0.3, -0.25) is 4.79 Å². The number of amides is 1. The van der Waals surface area contributed by atoms with Gasteiger partial charge in [0.15, 0.2) is 5.69 Å². The number of alkyl halides is 3. The number of para-hydroxylation sites is 1. The normalized spacial score (nSPS) is 11.8. The number of nitrogens with zero attached hydrogens (tertiary/aromatic N) is 3. The fourth-order valence-electron chi connectivity index (χ4n) is 3.09. The second-order valence-corrected chi connectivity index (χ2v) is 7.71. The average molecular weight is 416 g/mol. The van der Waals surface area contributed by atoms with Crippen LogP contribution in [0.4, 0.5) is 18.9 Å². The van der Waals surface area contributed by atoms with E-state index in [1.807, 2.05) is 6.92 Å². The second kappa shape index (κ2) is 7.00. The molecule has 0 atom stereocenters. The summed E-state index contributed by atoms with van der Waals surface area (Å²) in [7, 11) is 0. The topological polar surface area (TPSA) is 59.8 Å². The van der Waals surface area contributed by atoms with Crippen molar-refractivity contribution in [3.05, 3.63) is 70.5 Å². The third-order valence-corrected chi connectivity index (χ3v) is 5.31. The number of fused-ring (bicyclic) bond motifs is 1. The van der Waals surface area contributed by atoms with Crippen molar-refractivity contribution in [1.29, 1.82) is 0 Å². The second-order valence-electron chi connectivity index (χ2n) is 6.47. The van der Waals surface area contributed by atoms with Crippen molar-refractivity contribution in [3.63, 3.8) is 0 Å². The SMILES string of the molecule is Cc1nc2ccc(NC(=O)c3cnn(-c4ccccc4C)c3C(F)(F)F)cc2s1. The van der Waals surface area contributed by atoms with Gasteiger partial charge in [-0.2, -0.15) is 18.3 Å². The summed E-state index contributed by atoms with van der Waals surface area (Å²) < 4.78 is 43.1. The molecule has 4 rings (SSSR count). The van der Waals surface area contributed by atoms with Crippen LogP contribution in [-0.4, -0.2) is 20.7 Å². The molecule has 148 valence electrons. The Hall–Kier alpha value is -3.20. The quantitative estimate of drug-likeness (QED) is 0.488. The number of nitrogens with one attached hydrogen (secondary N) is 1. The highest BCUT2D eigenvalue weighted by Crippen LogP contribution is 2.35. The molecule has 0 radical (unpaired) electrons. The van der Waals surface area contributed by atoms with Crippen LogP contribution >= 0.6 is 11.3 Å². The predicted octanol–water partition coefficient (Wildman–Crippen LogP) is 5.37. The molecule has 0 bridgehead atoms. The Balaban J connectivity index is 1.73. The highest BCUT2D eigenvalue weighted by molar-refractivity contribution is 7.18. The van der Waals surface area contributed by atoms with Gasteiger partial charge < -0.3 is 5.32 Å². The first-order valence-corrected chi connectivity index (χ1v) is 9.45. The molecule has 0 saturated carbocycles. The maximum absolute atomic E-state index is 13.8. The third-order valence-electron chi connectivity index (χ3n) is 4.38. The zero-order valence-corrected chi connectivity index (χ0v) is 16.2. The van der Waals surface area contributed by atoms with Crippen LogP contribution in [0.2, 0.25) is 0 Å². The monoisotopic (exact) mass is 416 g/mol. The maximum atomic E-state index is 13.8. The van der Waals surface area contributed by atoms with Crippen LogP contribution in [0.1, 0.15) is 26.6 Å². The van der Waals surface area contributed by atoms with Gasteiger partial charge in [0.05, 0.1) is 32.7 Å². The minimum atomic E-state index is -4.76. The van der Waals surface area contributed by atoms with Crippen LogP contribution < -0.4 is 5.32 Å². The van der Waals surface area contributed by atoms with Crippen LogP contribution in [0, 0.1) is 13.8 Å². The first kappa shape index (κ1) is 19.1. The lowest BCUT2D eigenvalue weighted by Crippen LogP contribution is -2.21. The fraction of sp³-hybridized carbons (Fsp3) is 0.150. The van der Waals surface area contributed by atoms with E-state index in [1.165, 1.54) is 17.4 Å². The number of aromatic nitrogens is 3. The molecule has 0 spiro atoms. The van der Waals surface area contributed by atoms with Gasteiger partial charge in [-0.05, 0) is 43.7 Å². The molecule has 29 heavy (non-hydrogen) atoms. The lowest BCUT2D eigenvalue weighted by molar-refractivity contribution is -0.143. The average Bonchev–Trinajstić information content (AvgIpc) is 3.24. The Labute approximate surface area is 167 Å². The molecule has 0 unspecified atom stereocenters. The van der Waals surface area contributed by atoms with Crippen LogP contribution in [0.25, 0.3) is 15.9 Å². The zero-order valence-electron chi connectivity index (χ0n) is 15.4. The molecular weight excluding hydrogens is 401 g/mol. The molecule has 0 saturated heterocycles. The number of anilines is 1. The third kappa shape index (κ3) is 3.61. The summed E-state index contributed by atoms with van der Waals surface area (Å²) in [4.78, 5) is 17.0. The summed E-state index contributed by atoms with van der Waals surface area (Å²) in [6, 6.07) is 11.6. The van der Waals surface area contributed by atoms with Crippen molar-refractivity contribution in [1.82, 2.24) is 14.8 Å². The van der Waals surface area contributed by atoms with Crippen molar-refractivity contribution in [2.24, 2.45) is 0 Å². The van der Waals surface area contributed by atoms with Crippen LogP contribution in [0.3, 0.4) is 0 Å². The Kier molecular flexibility index (Phi) is 4.62. The molecule has 2 aromatic heterocycles. The lowest BCUT2D eigenvalue weighted by Gasteiger charge is -2.14. The van der Waals surface area contributed by atoms with E-state index in [-0.39, 0.29) is 5.69 Å². The molecule has 0 aliphatic rings. The van der Waals surface area contributed by atoms with Gasteiger partial charge in [-0.25, -0.2) is 9.67 Å². The molecule has 9 heteroatoms. The van der Waals surface area contributed by atoms with E-state index in [2.05, 4.69) is 15.4 Å². The van der Waals surface area contributed by atoms with Gasteiger partial charge in [-0.15, -0.1) is 11.3 Å². The summed E-state index contributed by atoms with van der Waals surface area (Å²) in [5.41, 5.74) is 0.386. The van der Waals surface area contributed by atoms with Gasteiger partial charge in [0.1, 0.15) is 0 Å². The van der Waals surface area contributed by atoms with E-state index < -0.39 is 23.3 Å².